The number of fused-ring (bicyclic) bond motifs is 1. The lowest BCUT2D eigenvalue weighted by atomic mass is 9.96. The molecule has 1 saturated heterocycles. The fourth-order valence-electron chi connectivity index (χ4n) is 2.56. The molecular formula is C12H16N4O5. The first-order chi connectivity index (χ1) is 9.87. The molecule has 1 aliphatic heterocycles. The normalized spacial score (nSPS) is 32.9. The maximum absolute atomic E-state index is 12.0. The maximum Gasteiger partial charge on any atom is 0.281 e. The maximum atomic E-state index is 12.0. The summed E-state index contributed by atoms with van der Waals surface area (Å²) in [5, 5.41) is 29.6. The van der Waals surface area contributed by atoms with Crippen LogP contribution in [-0.4, -0.2) is 58.8 Å². The zero-order valence-electron chi connectivity index (χ0n) is 11.5. The van der Waals surface area contributed by atoms with Gasteiger partial charge in [-0.15, -0.1) is 0 Å². The van der Waals surface area contributed by atoms with Gasteiger partial charge in [-0.2, -0.15) is 0 Å². The number of imidazole rings is 1. The van der Waals surface area contributed by atoms with Crippen molar-refractivity contribution in [1.29, 1.82) is 0 Å². The Hall–Kier alpha value is -1.81. The Morgan fingerprint density at radius 2 is 2.14 bits per heavy atom. The molecular weight excluding hydrogens is 280 g/mol. The third-order valence-corrected chi connectivity index (χ3v) is 3.83. The van der Waals surface area contributed by atoms with E-state index in [2.05, 4.69) is 9.97 Å². The Labute approximate surface area is 119 Å². The first-order valence-electron chi connectivity index (χ1n) is 6.43. The summed E-state index contributed by atoms with van der Waals surface area (Å²) in [6, 6.07) is 0. The number of ether oxygens (including phenoxy) is 1. The highest BCUT2D eigenvalue weighted by molar-refractivity contribution is 5.69. The molecule has 0 spiro atoms. The van der Waals surface area contributed by atoms with Gasteiger partial charge in [0.15, 0.2) is 17.4 Å². The summed E-state index contributed by atoms with van der Waals surface area (Å²) in [7, 11) is 1.56. The van der Waals surface area contributed by atoms with Crippen molar-refractivity contribution in [2.24, 2.45) is 7.05 Å². The number of hydrogen-bond acceptors (Lipinski definition) is 7. The molecule has 2 aromatic heterocycles. The molecule has 3 N–H and O–H groups in total. The van der Waals surface area contributed by atoms with Gasteiger partial charge in [0, 0.05) is 7.05 Å². The molecule has 1 fully saturated rings. The van der Waals surface area contributed by atoms with E-state index >= 15 is 0 Å². The van der Waals surface area contributed by atoms with Crippen molar-refractivity contribution in [1.82, 2.24) is 19.1 Å². The molecule has 2 aromatic rings. The summed E-state index contributed by atoms with van der Waals surface area (Å²) in [6.45, 7) is 0.959. The smallest absolute Gasteiger partial charge is 0.281 e. The van der Waals surface area contributed by atoms with E-state index in [1.54, 1.807) is 7.05 Å². The Kier molecular flexibility index (Phi) is 3.10. The predicted molar refractivity (Wildman–Crippen MR) is 70.4 cm³/mol. The minimum atomic E-state index is -1.65. The molecule has 1 unspecified atom stereocenters. The Balaban J connectivity index is 2.13. The molecule has 0 radical (unpaired) electrons. The van der Waals surface area contributed by atoms with E-state index in [1.165, 1.54) is 28.7 Å². The summed E-state index contributed by atoms with van der Waals surface area (Å²) in [6.07, 6.45) is -0.531. The first kappa shape index (κ1) is 14.1. The van der Waals surface area contributed by atoms with E-state index < -0.39 is 30.6 Å². The minimum Gasteiger partial charge on any atom is -0.394 e. The van der Waals surface area contributed by atoms with Gasteiger partial charge in [0.05, 0.1) is 19.3 Å². The molecule has 0 amide bonds. The number of hydrogen-bond donors (Lipinski definition) is 3. The molecule has 3 heterocycles. The second kappa shape index (κ2) is 4.60. The van der Waals surface area contributed by atoms with Gasteiger partial charge in [-0.1, -0.05) is 0 Å². The minimum absolute atomic E-state index is 0.140. The zero-order chi connectivity index (χ0) is 15.4. The van der Waals surface area contributed by atoms with E-state index in [1.807, 2.05) is 0 Å². The molecule has 0 bridgehead atoms. The number of nitrogens with zero attached hydrogens (tertiary/aromatic N) is 4. The summed E-state index contributed by atoms with van der Waals surface area (Å²) < 4.78 is 8.16. The van der Waals surface area contributed by atoms with Gasteiger partial charge in [0.2, 0.25) is 0 Å². The molecule has 3 rings (SSSR count). The molecule has 0 aliphatic carbocycles. The van der Waals surface area contributed by atoms with Crippen molar-refractivity contribution in [3.8, 4) is 0 Å². The molecule has 4 atom stereocenters. The average Bonchev–Trinajstić information content (AvgIpc) is 2.96. The first-order valence-corrected chi connectivity index (χ1v) is 6.43. The van der Waals surface area contributed by atoms with Crippen molar-refractivity contribution < 1.29 is 20.1 Å². The van der Waals surface area contributed by atoms with Gasteiger partial charge in [-0.25, -0.2) is 9.97 Å². The Morgan fingerprint density at radius 3 is 2.76 bits per heavy atom. The average molecular weight is 296 g/mol. The topological polar surface area (TPSA) is 123 Å². The summed E-state index contributed by atoms with van der Waals surface area (Å²) in [5.41, 5.74) is -1.59. The van der Waals surface area contributed by atoms with Crippen LogP contribution in [0.4, 0.5) is 0 Å². The number of aryl methyl sites for hydroxylation is 1. The molecule has 9 heteroatoms. The van der Waals surface area contributed by atoms with Crippen molar-refractivity contribution in [3.05, 3.63) is 23.0 Å². The lowest BCUT2D eigenvalue weighted by molar-refractivity contribution is -0.0950. The second-order valence-corrected chi connectivity index (χ2v) is 5.36. The van der Waals surface area contributed by atoms with Crippen LogP contribution in [0.5, 0.6) is 0 Å². The van der Waals surface area contributed by atoms with Gasteiger partial charge >= 0.3 is 0 Å². The molecule has 0 saturated carbocycles. The van der Waals surface area contributed by atoms with Crippen LogP contribution < -0.4 is 5.56 Å². The van der Waals surface area contributed by atoms with E-state index in [-0.39, 0.29) is 16.7 Å². The van der Waals surface area contributed by atoms with Crippen LogP contribution in [0.25, 0.3) is 11.2 Å². The third-order valence-electron chi connectivity index (χ3n) is 3.83. The van der Waals surface area contributed by atoms with Gasteiger partial charge in [-0.05, 0) is 6.92 Å². The molecule has 1 aliphatic rings. The van der Waals surface area contributed by atoms with Crippen LogP contribution in [0.3, 0.4) is 0 Å². The predicted octanol–water partition coefficient (Wildman–Crippen LogP) is -1.87. The fraction of sp³-hybridized carbons (Fsp3) is 0.583. The van der Waals surface area contributed by atoms with Gasteiger partial charge in [0.25, 0.3) is 5.56 Å². The zero-order valence-corrected chi connectivity index (χ0v) is 11.5. The van der Waals surface area contributed by atoms with Crippen LogP contribution in [0.2, 0.25) is 0 Å². The molecule has 9 nitrogen and oxygen atoms in total. The Bertz CT molecular complexity index is 737. The lowest BCUT2D eigenvalue weighted by Crippen LogP contribution is -2.44. The van der Waals surface area contributed by atoms with Crippen molar-refractivity contribution in [2.45, 2.75) is 31.0 Å². The highest BCUT2D eigenvalue weighted by atomic mass is 16.6. The van der Waals surface area contributed by atoms with E-state index in [4.69, 9.17) is 4.74 Å². The number of aliphatic hydroxyl groups excluding tert-OH is 2. The highest BCUT2D eigenvalue weighted by Crippen LogP contribution is 2.38. The van der Waals surface area contributed by atoms with Crippen molar-refractivity contribution in [3.63, 3.8) is 0 Å². The lowest BCUT2D eigenvalue weighted by Gasteiger charge is -2.27. The SMILES string of the molecule is Cn1cnc2c(ncn2[C@@H]2O[C@H](CO)[C@H](O)C2(C)O)c1=O. The number of aliphatic hydroxyl groups is 3. The largest absolute Gasteiger partial charge is 0.394 e. The van der Waals surface area contributed by atoms with E-state index in [0.717, 1.165) is 0 Å². The summed E-state index contributed by atoms with van der Waals surface area (Å²) in [5.74, 6) is 0. The Morgan fingerprint density at radius 1 is 1.43 bits per heavy atom. The van der Waals surface area contributed by atoms with E-state index in [9.17, 15) is 20.1 Å². The van der Waals surface area contributed by atoms with Crippen LogP contribution in [0, 0.1) is 0 Å². The monoisotopic (exact) mass is 296 g/mol. The summed E-state index contributed by atoms with van der Waals surface area (Å²) >= 11 is 0. The van der Waals surface area contributed by atoms with Crippen molar-refractivity contribution >= 4 is 11.2 Å². The van der Waals surface area contributed by atoms with Crippen LogP contribution in [0.15, 0.2) is 17.4 Å². The van der Waals surface area contributed by atoms with Crippen LogP contribution >= 0.6 is 0 Å². The van der Waals surface area contributed by atoms with Gasteiger partial charge in [-0.3, -0.25) is 9.36 Å². The molecule has 114 valence electrons. The molecule has 0 aromatic carbocycles. The third kappa shape index (κ3) is 1.89. The van der Waals surface area contributed by atoms with Crippen LogP contribution in [0.1, 0.15) is 13.2 Å². The second-order valence-electron chi connectivity index (χ2n) is 5.36. The van der Waals surface area contributed by atoms with Gasteiger partial charge in [0.1, 0.15) is 17.8 Å². The number of rotatable bonds is 2. The quantitative estimate of drug-likeness (QED) is 0.593. The van der Waals surface area contributed by atoms with Crippen LogP contribution in [-0.2, 0) is 11.8 Å². The van der Waals surface area contributed by atoms with Crippen molar-refractivity contribution in [2.75, 3.05) is 6.61 Å². The van der Waals surface area contributed by atoms with E-state index in [0.29, 0.717) is 0 Å². The standard InChI is InChI=1S/C12H16N4O5/c1-12(20)8(18)6(3-17)21-11(12)16-5-13-7-9(16)14-4-15(2)10(7)19/h4-6,8,11,17-18,20H,3H2,1-2H3/t6-,8+,11-,12?/m1/s1. The number of aromatic nitrogens is 4. The fourth-order valence-corrected chi connectivity index (χ4v) is 2.56. The molecule has 21 heavy (non-hydrogen) atoms. The summed E-state index contributed by atoms with van der Waals surface area (Å²) in [4.78, 5) is 20.1. The van der Waals surface area contributed by atoms with Gasteiger partial charge < -0.3 is 24.6 Å². The highest BCUT2D eigenvalue weighted by Gasteiger charge is 2.53.